The van der Waals surface area contributed by atoms with Gasteiger partial charge in [0.15, 0.2) is 5.71 Å². The van der Waals surface area contributed by atoms with Gasteiger partial charge < -0.3 is 9.47 Å². The molecule has 8 heteroatoms. The molecule has 0 saturated carbocycles. The second kappa shape index (κ2) is 7.05. The van der Waals surface area contributed by atoms with E-state index in [2.05, 4.69) is 5.10 Å². The van der Waals surface area contributed by atoms with Crippen LogP contribution in [0, 0.1) is 12.8 Å². The molecular weight excluding hydrogens is 374 g/mol. The number of hydrogen-bond donors (Lipinski definition) is 0. The first-order valence-corrected chi connectivity index (χ1v) is 9.02. The summed E-state index contributed by atoms with van der Waals surface area (Å²) in [6.07, 6.45) is 0. The third-order valence-electron chi connectivity index (χ3n) is 5.13. The Kier molecular flexibility index (Phi) is 4.54. The number of amides is 2. The van der Waals surface area contributed by atoms with Crippen molar-refractivity contribution in [3.63, 3.8) is 0 Å². The van der Waals surface area contributed by atoms with Crippen molar-refractivity contribution in [2.24, 2.45) is 11.0 Å². The van der Waals surface area contributed by atoms with E-state index in [0.29, 0.717) is 17.1 Å². The number of benzene rings is 2. The van der Waals surface area contributed by atoms with Gasteiger partial charge >= 0.3 is 5.97 Å². The van der Waals surface area contributed by atoms with Crippen LogP contribution in [0.25, 0.3) is 0 Å². The third-order valence-corrected chi connectivity index (χ3v) is 5.13. The number of ether oxygens (including phenoxy) is 2. The second-order valence-corrected chi connectivity index (χ2v) is 6.71. The van der Waals surface area contributed by atoms with Crippen LogP contribution in [-0.2, 0) is 19.1 Å². The first kappa shape index (κ1) is 18.7. The summed E-state index contributed by atoms with van der Waals surface area (Å²) in [5, 5.41) is 5.77. The summed E-state index contributed by atoms with van der Waals surface area (Å²) >= 11 is 0. The minimum Gasteiger partial charge on any atom is -0.495 e. The van der Waals surface area contributed by atoms with Crippen molar-refractivity contribution >= 4 is 34.9 Å². The Morgan fingerprint density at radius 2 is 1.62 bits per heavy atom. The van der Waals surface area contributed by atoms with E-state index in [9.17, 15) is 14.4 Å². The van der Waals surface area contributed by atoms with E-state index >= 15 is 0 Å². The number of hydrogen-bond acceptors (Lipinski definition) is 7. The average Bonchev–Trinajstić information content (AvgIpc) is 3.25. The van der Waals surface area contributed by atoms with Gasteiger partial charge in [0.25, 0.3) is 5.91 Å². The van der Waals surface area contributed by atoms with E-state index in [1.165, 1.54) is 19.2 Å². The van der Waals surface area contributed by atoms with Crippen molar-refractivity contribution in [1.29, 1.82) is 0 Å². The molecule has 4 rings (SSSR count). The molecule has 29 heavy (non-hydrogen) atoms. The molecule has 2 heterocycles. The van der Waals surface area contributed by atoms with Crippen LogP contribution in [0.5, 0.6) is 5.75 Å². The number of para-hydroxylation sites is 3. The quantitative estimate of drug-likeness (QED) is 0.582. The molecule has 1 saturated heterocycles. The Morgan fingerprint density at radius 1 is 0.966 bits per heavy atom. The maximum absolute atomic E-state index is 13.4. The predicted octanol–water partition coefficient (Wildman–Crippen LogP) is 1.91. The molecule has 2 amide bonds. The lowest BCUT2D eigenvalue weighted by Gasteiger charge is -2.24. The van der Waals surface area contributed by atoms with Gasteiger partial charge in [0.2, 0.25) is 5.91 Å². The van der Waals surface area contributed by atoms with Crippen molar-refractivity contribution in [2.75, 3.05) is 24.1 Å². The largest absolute Gasteiger partial charge is 0.495 e. The van der Waals surface area contributed by atoms with Crippen LogP contribution in [0.1, 0.15) is 5.56 Å². The number of nitrogens with zero attached hydrogens (tertiary/aromatic N) is 3. The Morgan fingerprint density at radius 3 is 2.28 bits per heavy atom. The van der Waals surface area contributed by atoms with Gasteiger partial charge in [0.1, 0.15) is 17.7 Å². The standard InChI is InChI=1S/C21H19N3O5/c1-12-8-4-5-9-13(12)24-18-16(17(22-24)21(27)29-3)19(25)23(20(18)26)14-10-6-7-11-15(14)28-2/h4-11,16,18H,1-3H3/t16-,18-/m1/s1. The van der Waals surface area contributed by atoms with Crippen LogP contribution in [-0.4, -0.2) is 43.8 Å². The lowest BCUT2D eigenvalue weighted by Crippen LogP contribution is -2.39. The molecule has 1 fully saturated rings. The van der Waals surface area contributed by atoms with E-state index in [4.69, 9.17) is 9.47 Å². The van der Waals surface area contributed by atoms with E-state index in [0.717, 1.165) is 10.5 Å². The smallest absolute Gasteiger partial charge is 0.355 e. The number of aryl methyl sites for hydroxylation is 1. The molecule has 148 valence electrons. The Bertz CT molecular complexity index is 1050. The zero-order chi connectivity index (χ0) is 20.7. The van der Waals surface area contributed by atoms with E-state index in [-0.39, 0.29) is 5.71 Å². The van der Waals surface area contributed by atoms with Gasteiger partial charge in [-0.2, -0.15) is 5.10 Å². The molecule has 0 bridgehead atoms. The van der Waals surface area contributed by atoms with Crippen LogP contribution in [0.15, 0.2) is 53.6 Å². The van der Waals surface area contributed by atoms with Gasteiger partial charge in [-0.3, -0.25) is 14.6 Å². The maximum Gasteiger partial charge on any atom is 0.355 e. The Balaban J connectivity index is 1.85. The number of rotatable bonds is 4. The fourth-order valence-corrected chi connectivity index (χ4v) is 3.76. The summed E-state index contributed by atoms with van der Waals surface area (Å²) < 4.78 is 10.1. The summed E-state index contributed by atoms with van der Waals surface area (Å²) in [6, 6.07) is 13.1. The first-order chi connectivity index (χ1) is 14.0. The molecule has 0 N–H and O–H groups in total. The fraction of sp³-hybridized carbons (Fsp3) is 0.238. The highest BCUT2D eigenvalue weighted by Crippen LogP contribution is 2.41. The second-order valence-electron chi connectivity index (χ2n) is 6.71. The number of carbonyl (C=O) groups excluding carboxylic acids is 3. The summed E-state index contributed by atoms with van der Waals surface area (Å²) in [7, 11) is 2.68. The lowest BCUT2D eigenvalue weighted by atomic mass is 9.97. The highest BCUT2D eigenvalue weighted by atomic mass is 16.5. The highest BCUT2D eigenvalue weighted by Gasteiger charge is 2.59. The van der Waals surface area contributed by atoms with Gasteiger partial charge in [0.05, 0.1) is 25.6 Å². The normalized spacial score (nSPS) is 20.6. The van der Waals surface area contributed by atoms with Crippen molar-refractivity contribution in [1.82, 2.24) is 0 Å². The molecule has 2 aromatic carbocycles. The monoisotopic (exact) mass is 393 g/mol. The van der Waals surface area contributed by atoms with Crippen molar-refractivity contribution in [3.05, 3.63) is 54.1 Å². The van der Waals surface area contributed by atoms with Gasteiger partial charge in [-0.15, -0.1) is 0 Å². The van der Waals surface area contributed by atoms with Crippen LogP contribution in [0.3, 0.4) is 0 Å². The molecule has 2 aliphatic heterocycles. The minimum absolute atomic E-state index is 0.0866. The number of anilines is 2. The topological polar surface area (TPSA) is 88.5 Å². The highest BCUT2D eigenvalue weighted by molar-refractivity contribution is 6.47. The van der Waals surface area contributed by atoms with Crippen molar-refractivity contribution in [3.8, 4) is 5.75 Å². The van der Waals surface area contributed by atoms with E-state index in [1.807, 2.05) is 25.1 Å². The van der Waals surface area contributed by atoms with Crippen LogP contribution in [0.2, 0.25) is 0 Å². The number of carbonyl (C=O) groups is 3. The lowest BCUT2D eigenvalue weighted by molar-refractivity contribution is -0.133. The third kappa shape index (κ3) is 2.75. The van der Waals surface area contributed by atoms with Gasteiger partial charge in [0, 0.05) is 0 Å². The molecule has 2 aliphatic rings. The molecule has 0 unspecified atom stereocenters. The first-order valence-electron chi connectivity index (χ1n) is 9.02. The van der Waals surface area contributed by atoms with Crippen LogP contribution in [0.4, 0.5) is 11.4 Å². The number of methoxy groups -OCH3 is 2. The number of imide groups is 1. The maximum atomic E-state index is 13.4. The Hall–Kier alpha value is -3.68. The van der Waals surface area contributed by atoms with Gasteiger partial charge in [-0.1, -0.05) is 30.3 Å². The number of hydrazone groups is 1. The molecule has 8 nitrogen and oxygen atoms in total. The van der Waals surface area contributed by atoms with Crippen molar-refractivity contribution < 1.29 is 23.9 Å². The summed E-state index contributed by atoms with van der Waals surface area (Å²) in [5.41, 5.74) is 1.74. The van der Waals surface area contributed by atoms with Crippen LogP contribution >= 0.6 is 0 Å². The molecule has 0 spiro atoms. The molecule has 2 atom stereocenters. The molecule has 0 aliphatic carbocycles. The summed E-state index contributed by atoms with van der Waals surface area (Å²) in [6.45, 7) is 1.87. The van der Waals surface area contributed by atoms with Crippen molar-refractivity contribution in [2.45, 2.75) is 13.0 Å². The molecule has 2 aromatic rings. The SMILES string of the molecule is COC(=O)C1=NN(c2ccccc2C)[C@H]2C(=O)N(c3ccccc3OC)C(=O)[C@H]12. The number of fused-ring (bicyclic) bond motifs is 1. The molecule has 0 radical (unpaired) electrons. The van der Waals surface area contributed by atoms with E-state index in [1.54, 1.807) is 30.3 Å². The Labute approximate surface area is 167 Å². The van der Waals surface area contributed by atoms with Crippen LogP contribution < -0.4 is 14.6 Å². The predicted molar refractivity (Wildman–Crippen MR) is 106 cm³/mol. The summed E-state index contributed by atoms with van der Waals surface area (Å²) in [5.74, 6) is -2.42. The number of esters is 1. The fourth-order valence-electron chi connectivity index (χ4n) is 3.76. The minimum atomic E-state index is -1.06. The molecule has 0 aromatic heterocycles. The van der Waals surface area contributed by atoms with Gasteiger partial charge in [-0.25, -0.2) is 9.69 Å². The van der Waals surface area contributed by atoms with Gasteiger partial charge in [-0.05, 0) is 30.7 Å². The van der Waals surface area contributed by atoms with E-state index < -0.39 is 29.7 Å². The molecular formula is C21H19N3O5. The summed E-state index contributed by atoms with van der Waals surface area (Å²) in [4.78, 5) is 40.1. The zero-order valence-electron chi connectivity index (χ0n) is 16.2. The zero-order valence-corrected chi connectivity index (χ0v) is 16.2. The average molecular weight is 393 g/mol.